The lowest BCUT2D eigenvalue weighted by Crippen LogP contribution is -2.29. The van der Waals surface area contributed by atoms with Crippen molar-refractivity contribution in [2.45, 2.75) is 12.2 Å². The molecule has 0 spiro atoms. The third-order valence-electron chi connectivity index (χ3n) is 10.3. The van der Waals surface area contributed by atoms with Crippen LogP contribution in [-0.4, -0.2) is 79.1 Å². The van der Waals surface area contributed by atoms with Crippen molar-refractivity contribution in [1.29, 1.82) is 0 Å². The fourth-order valence-corrected chi connectivity index (χ4v) is 8.21. The highest BCUT2D eigenvalue weighted by Gasteiger charge is 2.40. The molecule has 0 radical (unpaired) electrons. The van der Waals surface area contributed by atoms with Crippen LogP contribution in [0.4, 0.5) is 0 Å². The summed E-state index contributed by atoms with van der Waals surface area (Å²) in [6.07, 6.45) is 5.41. The minimum absolute atomic E-state index is 0.300. The summed E-state index contributed by atoms with van der Waals surface area (Å²) < 4.78 is 54.2. The second-order valence-electron chi connectivity index (χ2n) is 13.7. The van der Waals surface area contributed by atoms with Gasteiger partial charge in [0.25, 0.3) is 11.8 Å². The molecular formula is C41H28N8O8S. The van der Waals surface area contributed by atoms with Crippen molar-refractivity contribution >= 4 is 32.9 Å². The van der Waals surface area contributed by atoms with Gasteiger partial charge in [-0.3, -0.25) is 4.98 Å². The largest absolute Gasteiger partial charge is 0.486 e. The minimum Gasteiger partial charge on any atom is -0.486 e. The van der Waals surface area contributed by atoms with Gasteiger partial charge in [-0.1, -0.05) is 16.6 Å². The van der Waals surface area contributed by atoms with Gasteiger partial charge in [0.05, 0.1) is 28.8 Å². The van der Waals surface area contributed by atoms with Crippen LogP contribution in [0.25, 0.3) is 55.0 Å². The molecule has 1 aromatic carbocycles. The molecule has 0 bridgehead atoms. The first-order valence-electron chi connectivity index (χ1n) is 18.6. The third-order valence-corrected chi connectivity index (χ3v) is 10.9. The zero-order valence-corrected chi connectivity index (χ0v) is 31.0. The highest BCUT2D eigenvalue weighted by molar-refractivity contribution is 7.12. The van der Waals surface area contributed by atoms with Crippen LogP contribution in [0.5, 0.6) is 46.3 Å². The van der Waals surface area contributed by atoms with Gasteiger partial charge in [-0.15, -0.1) is 5.10 Å². The summed E-state index contributed by atoms with van der Waals surface area (Å²) in [5.74, 6) is 3.81. The van der Waals surface area contributed by atoms with Gasteiger partial charge in [0.1, 0.15) is 50.8 Å². The standard InChI is InChI=1S/C41H28N8O8S/c1-2-4-30-29(3-1)56-34(36(57-30)27-16-31-32(19-43-27)51-8-7-50-31)24-18-44-39-37(53-10-11-54-39)33(24)26-15-23(35-40(47-26)55-12-9-52-35)25-14-22-21(5-6-42-38(22)46-25)20-13-28-41(45-17-20)58-49-48-28/h1-6,13-19,34,36H,7-12H2,(H,42,46). The molecule has 8 aromatic rings. The van der Waals surface area contributed by atoms with Crippen molar-refractivity contribution < 1.29 is 37.9 Å². The number of aromatic nitrogens is 8. The monoisotopic (exact) mass is 792 g/mol. The number of pyridine rings is 5. The number of hydrogen-bond donors (Lipinski definition) is 1. The summed E-state index contributed by atoms with van der Waals surface area (Å²) in [6.45, 7) is 2.17. The number of fused-ring (bicyclic) bond motifs is 6. The summed E-state index contributed by atoms with van der Waals surface area (Å²) in [5.41, 5.74) is 6.94. The Morgan fingerprint density at radius 1 is 0.638 bits per heavy atom. The molecule has 17 heteroatoms. The number of nitrogens with one attached hydrogen (secondary N) is 1. The lowest BCUT2D eigenvalue weighted by Gasteiger charge is -2.35. The third kappa shape index (κ3) is 5.37. The van der Waals surface area contributed by atoms with Crippen molar-refractivity contribution in [2.24, 2.45) is 0 Å². The van der Waals surface area contributed by atoms with E-state index in [9.17, 15) is 0 Å². The minimum atomic E-state index is -0.791. The molecule has 0 amide bonds. The van der Waals surface area contributed by atoms with Crippen LogP contribution in [0, 0.1) is 0 Å². The molecule has 0 fully saturated rings. The van der Waals surface area contributed by atoms with Gasteiger partial charge in [-0.25, -0.2) is 19.9 Å². The smallest absolute Gasteiger partial charge is 0.258 e. The highest BCUT2D eigenvalue weighted by Crippen LogP contribution is 2.53. The van der Waals surface area contributed by atoms with E-state index in [4.69, 9.17) is 52.8 Å². The van der Waals surface area contributed by atoms with Crippen molar-refractivity contribution in [1.82, 2.24) is 39.5 Å². The summed E-state index contributed by atoms with van der Waals surface area (Å²) in [4.78, 5) is 28.1. The summed E-state index contributed by atoms with van der Waals surface area (Å²) in [5, 5.41) is 5.12. The molecule has 12 rings (SSSR count). The molecule has 16 nitrogen and oxygen atoms in total. The Bertz CT molecular complexity index is 2940. The van der Waals surface area contributed by atoms with E-state index >= 15 is 0 Å². The SMILES string of the molecule is c1ccc2c(c1)OC(c1cc3c(cn1)OCCO3)C(c1cnc3c(c1-c1cc(-c4cc5c(-c6cnc7snnc7c6)ccnc5[nH]4)c4c(n1)OCCO4)OCCO3)O2. The molecule has 1 N–H and O–H groups in total. The fourth-order valence-electron chi connectivity index (χ4n) is 7.71. The van der Waals surface area contributed by atoms with E-state index in [0.717, 1.165) is 32.6 Å². The first kappa shape index (κ1) is 32.9. The van der Waals surface area contributed by atoms with E-state index in [-0.39, 0.29) is 0 Å². The first-order valence-corrected chi connectivity index (χ1v) is 19.3. The van der Waals surface area contributed by atoms with Crippen molar-refractivity contribution in [3.63, 3.8) is 0 Å². The Morgan fingerprint density at radius 3 is 2.33 bits per heavy atom. The van der Waals surface area contributed by atoms with Crippen LogP contribution in [0.15, 0.2) is 79.4 Å². The maximum Gasteiger partial charge on any atom is 0.258 e. The maximum atomic E-state index is 6.84. The lowest BCUT2D eigenvalue weighted by atomic mass is 9.93. The lowest BCUT2D eigenvalue weighted by molar-refractivity contribution is 0.0153. The quantitative estimate of drug-likeness (QED) is 0.194. The molecule has 11 heterocycles. The van der Waals surface area contributed by atoms with Gasteiger partial charge >= 0.3 is 0 Å². The predicted octanol–water partition coefficient (Wildman–Crippen LogP) is 6.72. The van der Waals surface area contributed by atoms with Crippen LogP contribution in [-0.2, 0) is 0 Å². The molecule has 0 saturated carbocycles. The van der Waals surface area contributed by atoms with Gasteiger partial charge in [0.15, 0.2) is 51.5 Å². The van der Waals surface area contributed by atoms with Crippen molar-refractivity contribution in [2.75, 3.05) is 39.6 Å². The van der Waals surface area contributed by atoms with E-state index in [2.05, 4.69) is 24.5 Å². The molecule has 4 aliphatic rings. The van der Waals surface area contributed by atoms with E-state index in [0.29, 0.717) is 120 Å². The molecule has 0 aliphatic carbocycles. The Morgan fingerprint density at radius 2 is 1.43 bits per heavy atom. The average molecular weight is 793 g/mol. The van der Waals surface area contributed by atoms with Crippen LogP contribution >= 0.6 is 11.5 Å². The van der Waals surface area contributed by atoms with E-state index in [1.807, 2.05) is 60.8 Å². The van der Waals surface area contributed by atoms with Crippen LogP contribution in [0.2, 0.25) is 0 Å². The number of H-pyrrole nitrogens is 1. The second-order valence-corrected chi connectivity index (χ2v) is 14.4. The molecule has 286 valence electrons. The number of aromatic amines is 1. The Hall–Kier alpha value is -7.27. The number of rotatable bonds is 5. The van der Waals surface area contributed by atoms with Gasteiger partial charge in [-0.05, 0) is 42.0 Å². The van der Waals surface area contributed by atoms with E-state index in [1.165, 1.54) is 11.5 Å². The summed E-state index contributed by atoms with van der Waals surface area (Å²) in [6, 6.07) is 17.3. The summed E-state index contributed by atoms with van der Waals surface area (Å²) in [7, 11) is 0. The van der Waals surface area contributed by atoms with Gasteiger partial charge in [0, 0.05) is 58.3 Å². The normalized spacial score (nSPS) is 17.7. The molecule has 0 saturated heterocycles. The summed E-state index contributed by atoms with van der Waals surface area (Å²) >= 11 is 1.26. The molecule has 2 unspecified atom stereocenters. The number of para-hydroxylation sites is 2. The molecular weight excluding hydrogens is 765 g/mol. The number of ether oxygens (including phenoxy) is 8. The predicted molar refractivity (Wildman–Crippen MR) is 207 cm³/mol. The Labute approximate surface area is 331 Å². The van der Waals surface area contributed by atoms with Crippen LogP contribution < -0.4 is 37.9 Å². The maximum absolute atomic E-state index is 6.84. The van der Waals surface area contributed by atoms with Gasteiger partial charge in [0.2, 0.25) is 0 Å². The first-order chi connectivity index (χ1) is 28.7. The fraction of sp³-hybridized carbons (Fsp3) is 0.195. The average Bonchev–Trinajstić information content (AvgIpc) is 3.95. The van der Waals surface area contributed by atoms with Crippen molar-refractivity contribution in [3.8, 4) is 79.9 Å². The molecule has 7 aromatic heterocycles. The Kier molecular flexibility index (Phi) is 7.47. The Balaban J connectivity index is 1.04. The van der Waals surface area contributed by atoms with E-state index < -0.39 is 12.2 Å². The van der Waals surface area contributed by atoms with Crippen LogP contribution in [0.3, 0.4) is 0 Å². The number of nitrogens with zero attached hydrogens (tertiary/aromatic N) is 7. The number of hydrogen-bond acceptors (Lipinski definition) is 16. The molecule has 58 heavy (non-hydrogen) atoms. The molecule has 4 aliphatic heterocycles. The zero-order valence-electron chi connectivity index (χ0n) is 30.2. The van der Waals surface area contributed by atoms with Crippen LogP contribution in [0.1, 0.15) is 23.5 Å². The topological polar surface area (TPSA) is 180 Å². The molecule has 2 atom stereocenters. The second kappa shape index (κ2) is 13.2. The zero-order chi connectivity index (χ0) is 38.2. The van der Waals surface area contributed by atoms with E-state index in [1.54, 1.807) is 18.6 Å². The van der Waals surface area contributed by atoms with Crippen molar-refractivity contribution in [3.05, 3.63) is 90.6 Å². The number of benzene rings is 1. The highest BCUT2D eigenvalue weighted by atomic mass is 32.1. The van der Waals surface area contributed by atoms with Gasteiger partial charge in [-0.2, -0.15) is 0 Å². The van der Waals surface area contributed by atoms with Gasteiger partial charge < -0.3 is 42.9 Å².